The van der Waals surface area contributed by atoms with E-state index in [0.717, 1.165) is 11.1 Å². The molecule has 2 saturated heterocycles. The van der Waals surface area contributed by atoms with Crippen LogP contribution in [0.3, 0.4) is 0 Å². The maximum absolute atomic E-state index is 12.8. The number of amides is 2. The van der Waals surface area contributed by atoms with E-state index in [1.807, 2.05) is 0 Å². The Kier molecular flexibility index (Phi) is 14.4. The van der Waals surface area contributed by atoms with Gasteiger partial charge in [0.15, 0.2) is 0 Å². The molecule has 11 N–H and O–H groups in total. The lowest BCUT2D eigenvalue weighted by atomic mass is 9.88. The highest BCUT2D eigenvalue weighted by atomic mass is 16.7. The maximum atomic E-state index is 12.8. The molecule has 2 aliphatic rings. The van der Waals surface area contributed by atoms with E-state index in [1.165, 1.54) is 25.3 Å². The number of aromatic hydroxyl groups is 1. The van der Waals surface area contributed by atoms with Crippen molar-refractivity contribution < 1.29 is 84.0 Å². The average Bonchev–Trinajstić information content (AvgIpc) is 3.20. The smallest absolute Gasteiger partial charge is 0.364 e. The average molecular weight is 803 g/mol. The van der Waals surface area contributed by atoms with Crippen molar-refractivity contribution in [3.8, 4) is 28.4 Å². The quantitative estimate of drug-likeness (QED) is 0.0730. The number of hydrogen-bond donors (Lipinski definition) is 11. The number of rotatable bonds is 16. The zero-order valence-electron chi connectivity index (χ0n) is 30.5. The van der Waals surface area contributed by atoms with E-state index >= 15 is 0 Å². The van der Waals surface area contributed by atoms with Crippen molar-refractivity contribution in [3.63, 3.8) is 0 Å². The minimum absolute atomic E-state index is 0.0926. The van der Waals surface area contributed by atoms with Crippen molar-refractivity contribution in [1.29, 1.82) is 0 Å². The molecule has 0 radical (unpaired) electrons. The SMILES string of the molecule is COc1ccc(O[C@@H]2O[C@H](CO[C@]3(C(=O)O)C[C@H](O)[C@@H](NC(=O)CO)[C@H]([C@H](O)[C@H](O)CNC(=O)Cc4ccc(-c5cccc(O)c5)cc4)O3)[C@H](O)[C@H](O)[C@H]2O)cc1. The lowest BCUT2D eigenvalue weighted by Crippen LogP contribution is -2.69. The fourth-order valence-corrected chi connectivity index (χ4v) is 6.41. The van der Waals surface area contributed by atoms with Gasteiger partial charge in [0.2, 0.25) is 18.1 Å². The number of methoxy groups -OCH3 is 1. The molecule has 0 unspecified atom stereocenters. The molecule has 2 amide bonds. The number of carboxylic acid groups (broad SMARTS) is 1. The third-order valence-electron chi connectivity index (χ3n) is 9.57. The Bertz CT molecular complexity index is 1810. The molecule has 0 spiro atoms. The fourth-order valence-electron chi connectivity index (χ4n) is 6.41. The Balaban J connectivity index is 1.26. The Labute approximate surface area is 325 Å². The number of aliphatic hydroxyl groups excluding tert-OH is 7. The molecule has 2 heterocycles. The standard InChI is InChI=1S/C38H46N2O17/c1-53-23-9-11-24(12-10-23)55-36-34(50)33(49)32(48)27(56-36)18-54-38(37(51)52)15-25(43)30(40-29(46)17-41)35(57-38)31(47)26(44)16-39-28(45)13-19-5-7-20(8-6-19)21-3-2-4-22(42)14-21/h2-12,14,25-27,30-36,41-44,47-50H,13,15-18H2,1H3,(H,39,45)(H,40,46)(H,51,52)/t25-,26+,27+,30+,31+,32-,33-,34+,35+,36+,38+/m0/s1. The summed E-state index contributed by atoms with van der Waals surface area (Å²) < 4.78 is 27.7. The fraction of sp³-hybridized carbons (Fsp3) is 0.447. The molecule has 310 valence electrons. The van der Waals surface area contributed by atoms with Gasteiger partial charge in [-0.1, -0.05) is 36.4 Å². The van der Waals surface area contributed by atoms with Gasteiger partial charge in [-0.15, -0.1) is 0 Å². The minimum Gasteiger partial charge on any atom is -0.508 e. The highest BCUT2D eigenvalue weighted by Gasteiger charge is 2.57. The molecule has 19 nitrogen and oxygen atoms in total. The van der Waals surface area contributed by atoms with Gasteiger partial charge in [-0.3, -0.25) is 9.59 Å². The van der Waals surface area contributed by atoms with Gasteiger partial charge in [0.25, 0.3) is 5.79 Å². The van der Waals surface area contributed by atoms with Gasteiger partial charge < -0.3 is 80.3 Å². The monoisotopic (exact) mass is 802 g/mol. The van der Waals surface area contributed by atoms with Crippen LogP contribution in [0.2, 0.25) is 0 Å². The molecule has 2 aliphatic heterocycles. The number of aliphatic carboxylic acids is 1. The Hall–Kier alpha value is -4.93. The number of ether oxygens (including phenoxy) is 5. The van der Waals surface area contributed by atoms with E-state index in [9.17, 15) is 60.3 Å². The molecule has 0 aliphatic carbocycles. The maximum Gasteiger partial charge on any atom is 0.364 e. The summed E-state index contributed by atoms with van der Waals surface area (Å²) >= 11 is 0. The van der Waals surface area contributed by atoms with Crippen LogP contribution in [0.1, 0.15) is 12.0 Å². The largest absolute Gasteiger partial charge is 0.508 e. The molecule has 5 rings (SSSR count). The summed E-state index contributed by atoms with van der Waals surface area (Å²) in [6, 6.07) is 17.9. The minimum atomic E-state index is -2.84. The van der Waals surface area contributed by atoms with Gasteiger partial charge in [-0.05, 0) is 53.1 Å². The molecule has 3 aromatic rings. The summed E-state index contributed by atoms with van der Waals surface area (Å²) in [4.78, 5) is 37.7. The summed E-state index contributed by atoms with van der Waals surface area (Å²) in [5, 5.41) is 99.2. The van der Waals surface area contributed by atoms with Crippen molar-refractivity contribution in [1.82, 2.24) is 10.6 Å². The van der Waals surface area contributed by atoms with E-state index in [-0.39, 0.29) is 17.9 Å². The molecule has 0 aromatic heterocycles. The van der Waals surface area contributed by atoms with Crippen LogP contribution >= 0.6 is 0 Å². The van der Waals surface area contributed by atoms with Crippen molar-refractivity contribution in [2.24, 2.45) is 0 Å². The second-order valence-electron chi connectivity index (χ2n) is 13.6. The first-order valence-corrected chi connectivity index (χ1v) is 17.8. The van der Waals surface area contributed by atoms with Gasteiger partial charge in [0, 0.05) is 13.0 Å². The summed E-state index contributed by atoms with van der Waals surface area (Å²) in [5.74, 6) is -5.54. The van der Waals surface area contributed by atoms with Crippen molar-refractivity contribution in [2.45, 2.75) is 79.8 Å². The van der Waals surface area contributed by atoms with E-state index in [1.54, 1.807) is 54.6 Å². The van der Waals surface area contributed by atoms with Crippen LogP contribution in [0.15, 0.2) is 72.8 Å². The number of phenolic OH excluding ortho intramolecular Hbond substituents is 1. The first-order chi connectivity index (χ1) is 27.1. The van der Waals surface area contributed by atoms with Crippen LogP contribution in [0, 0.1) is 0 Å². The van der Waals surface area contributed by atoms with E-state index in [0.29, 0.717) is 11.3 Å². The first kappa shape index (κ1) is 43.2. The number of carboxylic acids is 1. The lowest BCUT2D eigenvalue weighted by Gasteiger charge is -2.47. The molecule has 2 fully saturated rings. The number of carbonyl (C=O) groups is 3. The zero-order chi connectivity index (χ0) is 41.4. The molecular formula is C38H46N2O17. The van der Waals surface area contributed by atoms with Crippen LogP contribution < -0.4 is 20.1 Å². The first-order valence-electron chi connectivity index (χ1n) is 17.8. The summed E-state index contributed by atoms with van der Waals surface area (Å²) in [6.07, 6.45) is -17.5. The predicted molar refractivity (Wildman–Crippen MR) is 193 cm³/mol. The van der Waals surface area contributed by atoms with Crippen LogP contribution in [-0.2, 0) is 35.0 Å². The number of aliphatic hydroxyl groups is 7. The summed E-state index contributed by atoms with van der Waals surface area (Å²) in [5.41, 5.74) is 2.13. The van der Waals surface area contributed by atoms with Crippen molar-refractivity contribution in [2.75, 3.05) is 26.9 Å². The van der Waals surface area contributed by atoms with Crippen molar-refractivity contribution >= 4 is 17.8 Å². The van der Waals surface area contributed by atoms with Gasteiger partial charge in [0.05, 0.1) is 38.4 Å². The molecule has 0 bridgehead atoms. The van der Waals surface area contributed by atoms with E-state index < -0.39 is 111 Å². The highest BCUT2D eigenvalue weighted by molar-refractivity contribution is 5.79. The van der Waals surface area contributed by atoms with Gasteiger partial charge in [-0.2, -0.15) is 0 Å². The normalized spacial score (nSPS) is 28.4. The van der Waals surface area contributed by atoms with Crippen LogP contribution in [-0.4, -0.2) is 158 Å². The summed E-state index contributed by atoms with van der Waals surface area (Å²) in [6.45, 7) is -2.53. The molecule has 11 atom stereocenters. The second kappa shape index (κ2) is 19.0. The Morgan fingerprint density at radius 1 is 0.895 bits per heavy atom. The number of benzene rings is 3. The molecule has 57 heavy (non-hydrogen) atoms. The number of hydrogen-bond acceptors (Lipinski definition) is 16. The topological polar surface area (TPSA) is 303 Å². The zero-order valence-corrected chi connectivity index (χ0v) is 30.5. The van der Waals surface area contributed by atoms with Crippen LogP contribution in [0.25, 0.3) is 11.1 Å². The third-order valence-corrected chi connectivity index (χ3v) is 9.57. The van der Waals surface area contributed by atoms with Gasteiger partial charge >= 0.3 is 5.97 Å². The number of carbonyl (C=O) groups excluding carboxylic acids is 2. The van der Waals surface area contributed by atoms with Crippen molar-refractivity contribution in [3.05, 3.63) is 78.4 Å². The third kappa shape index (κ3) is 10.5. The van der Waals surface area contributed by atoms with E-state index in [4.69, 9.17) is 23.7 Å². The second-order valence-corrected chi connectivity index (χ2v) is 13.6. The number of nitrogens with one attached hydrogen (secondary N) is 2. The van der Waals surface area contributed by atoms with Crippen LogP contribution in [0.5, 0.6) is 17.2 Å². The Morgan fingerprint density at radius 3 is 2.21 bits per heavy atom. The molecule has 3 aromatic carbocycles. The Morgan fingerprint density at radius 2 is 1.58 bits per heavy atom. The molecular weight excluding hydrogens is 756 g/mol. The number of phenols is 1. The van der Waals surface area contributed by atoms with Gasteiger partial charge in [-0.25, -0.2) is 4.79 Å². The predicted octanol–water partition coefficient (Wildman–Crippen LogP) is -2.24. The lowest BCUT2D eigenvalue weighted by molar-refractivity contribution is -0.331. The molecule has 19 heteroatoms. The van der Waals surface area contributed by atoms with E-state index in [2.05, 4.69) is 10.6 Å². The summed E-state index contributed by atoms with van der Waals surface area (Å²) in [7, 11) is 1.45. The highest BCUT2D eigenvalue weighted by Crippen LogP contribution is 2.35. The van der Waals surface area contributed by atoms with Gasteiger partial charge in [0.1, 0.15) is 60.5 Å². The molecule has 0 saturated carbocycles. The van der Waals surface area contributed by atoms with Crippen LogP contribution in [0.4, 0.5) is 0 Å².